The molecule has 112 valence electrons. The molecule has 0 saturated carbocycles. The van der Waals surface area contributed by atoms with E-state index in [1.54, 1.807) is 11.3 Å². The van der Waals surface area contributed by atoms with Gasteiger partial charge in [0.15, 0.2) is 0 Å². The van der Waals surface area contributed by atoms with E-state index in [2.05, 4.69) is 39.6 Å². The van der Waals surface area contributed by atoms with Crippen molar-refractivity contribution in [2.45, 2.75) is 37.8 Å². The normalized spacial score (nSPS) is 31.8. The lowest BCUT2D eigenvalue weighted by atomic mass is 9.79. The third-order valence-electron chi connectivity index (χ3n) is 4.44. The Hall–Kier alpha value is 0.0600. The SMILES string of the molecule is CCNC(c1csc(Br)c1)C1CCOC2(CCOC2)C1. The van der Waals surface area contributed by atoms with Crippen LogP contribution in [-0.4, -0.2) is 32.0 Å². The van der Waals surface area contributed by atoms with Gasteiger partial charge in [0.2, 0.25) is 0 Å². The molecule has 5 heteroatoms. The Morgan fingerprint density at radius 1 is 1.55 bits per heavy atom. The second kappa shape index (κ2) is 6.44. The van der Waals surface area contributed by atoms with Gasteiger partial charge < -0.3 is 14.8 Å². The van der Waals surface area contributed by atoms with Gasteiger partial charge in [0.25, 0.3) is 0 Å². The zero-order chi connectivity index (χ0) is 14.0. The highest BCUT2D eigenvalue weighted by molar-refractivity contribution is 9.11. The van der Waals surface area contributed by atoms with Gasteiger partial charge in [-0.3, -0.25) is 0 Å². The second-order valence-corrected chi connectivity index (χ2v) is 8.10. The predicted molar refractivity (Wildman–Crippen MR) is 85.3 cm³/mol. The van der Waals surface area contributed by atoms with Crippen LogP contribution < -0.4 is 5.32 Å². The number of hydrogen-bond donors (Lipinski definition) is 1. The molecule has 1 aromatic rings. The Morgan fingerprint density at radius 3 is 3.10 bits per heavy atom. The maximum Gasteiger partial charge on any atom is 0.0940 e. The number of rotatable bonds is 4. The minimum Gasteiger partial charge on any atom is -0.378 e. The number of halogens is 1. The Labute approximate surface area is 133 Å². The molecule has 0 bridgehead atoms. The number of ether oxygens (including phenoxy) is 2. The maximum absolute atomic E-state index is 6.07. The van der Waals surface area contributed by atoms with Crippen molar-refractivity contribution in [2.75, 3.05) is 26.4 Å². The quantitative estimate of drug-likeness (QED) is 0.887. The van der Waals surface area contributed by atoms with Crippen molar-refractivity contribution in [3.8, 4) is 0 Å². The fourth-order valence-corrected chi connectivity index (χ4v) is 4.69. The zero-order valence-corrected chi connectivity index (χ0v) is 14.3. The van der Waals surface area contributed by atoms with Gasteiger partial charge in [-0.1, -0.05) is 6.92 Å². The monoisotopic (exact) mass is 359 g/mol. The van der Waals surface area contributed by atoms with Gasteiger partial charge in [-0.05, 0) is 58.2 Å². The first kappa shape index (κ1) is 15.0. The third-order valence-corrected chi connectivity index (χ3v) is 5.96. The van der Waals surface area contributed by atoms with Crippen LogP contribution in [0.25, 0.3) is 0 Å². The number of thiophene rings is 1. The van der Waals surface area contributed by atoms with Crippen LogP contribution in [0.1, 0.15) is 37.8 Å². The molecule has 0 amide bonds. The van der Waals surface area contributed by atoms with E-state index in [9.17, 15) is 0 Å². The molecule has 1 aromatic heterocycles. The van der Waals surface area contributed by atoms with Gasteiger partial charge >= 0.3 is 0 Å². The molecule has 2 fully saturated rings. The molecule has 3 unspecified atom stereocenters. The molecule has 0 aliphatic carbocycles. The van der Waals surface area contributed by atoms with Crippen LogP contribution in [-0.2, 0) is 9.47 Å². The fraction of sp³-hybridized carbons (Fsp3) is 0.733. The van der Waals surface area contributed by atoms with Gasteiger partial charge in [-0.15, -0.1) is 11.3 Å². The minimum absolute atomic E-state index is 0.0101. The van der Waals surface area contributed by atoms with Gasteiger partial charge in [0.1, 0.15) is 0 Å². The van der Waals surface area contributed by atoms with Gasteiger partial charge in [-0.25, -0.2) is 0 Å². The lowest BCUT2D eigenvalue weighted by Crippen LogP contribution is -2.44. The summed E-state index contributed by atoms with van der Waals surface area (Å²) < 4.78 is 12.9. The molecular formula is C15H22BrNO2S. The van der Waals surface area contributed by atoms with Crippen molar-refractivity contribution >= 4 is 27.3 Å². The summed E-state index contributed by atoms with van der Waals surface area (Å²) in [6, 6.07) is 2.69. The van der Waals surface area contributed by atoms with Gasteiger partial charge in [-0.2, -0.15) is 0 Å². The first-order valence-electron chi connectivity index (χ1n) is 7.41. The minimum atomic E-state index is -0.0101. The summed E-state index contributed by atoms with van der Waals surface area (Å²) in [5, 5.41) is 5.95. The van der Waals surface area contributed by atoms with Crippen LogP contribution in [0.2, 0.25) is 0 Å². The Kier molecular flexibility index (Phi) is 4.82. The molecular weight excluding hydrogens is 338 g/mol. The Bertz CT molecular complexity index is 445. The second-order valence-electron chi connectivity index (χ2n) is 5.81. The summed E-state index contributed by atoms with van der Waals surface area (Å²) in [4.78, 5) is 0. The van der Waals surface area contributed by atoms with Crippen LogP contribution in [0.4, 0.5) is 0 Å². The number of hydrogen-bond acceptors (Lipinski definition) is 4. The molecule has 1 spiro atoms. The number of nitrogens with one attached hydrogen (secondary N) is 1. The van der Waals surface area contributed by atoms with Crippen molar-refractivity contribution in [2.24, 2.45) is 5.92 Å². The molecule has 0 radical (unpaired) electrons. The van der Waals surface area contributed by atoms with Crippen molar-refractivity contribution in [1.82, 2.24) is 5.32 Å². The molecule has 3 atom stereocenters. The fourth-order valence-electron chi connectivity index (χ4n) is 3.48. The van der Waals surface area contributed by atoms with Crippen molar-refractivity contribution in [3.05, 3.63) is 20.8 Å². The average molecular weight is 360 g/mol. The van der Waals surface area contributed by atoms with Crippen LogP contribution in [0.15, 0.2) is 15.2 Å². The van der Waals surface area contributed by atoms with Crippen molar-refractivity contribution in [1.29, 1.82) is 0 Å². The maximum atomic E-state index is 6.07. The summed E-state index contributed by atoms with van der Waals surface area (Å²) in [7, 11) is 0. The van der Waals surface area contributed by atoms with E-state index in [-0.39, 0.29) is 5.60 Å². The summed E-state index contributed by atoms with van der Waals surface area (Å²) in [6.45, 7) is 5.67. The average Bonchev–Trinajstić information content (AvgIpc) is 3.06. The molecule has 2 aliphatic rings. The molecule has 3 heterocycles. The van der Waals surface area contributed by atoms with E-state index in [0.717, 1.165) is 45.6 Å². The molecule has 1 N–H and O–H groups in total. The van der Waals surface area contributed by atoms with Crippen LogP contribution in [0.3, 0.4) is 0 Å². The zero-order valence-electron chi connectivity index (χ0n) is 11.9. The summed E-state index contributed by atoms with van der Waals surface area (Å²) in [6.07, 6.45) is 3.29. The van der Waals surface area contributed by atoms with Crippen molar-refractivity contribution < 1.29 is 9.47 Å². The molecule has 20 heavy (non-hydrogen) atoms. The van der Waals surface area contributed by atoms with E-state index in [1.165, 1.54) is 9.35 Å². The Balaban J connectivity index is 1.76. The van der Waals surface area contributed by atoms with Crippen LogP contribution in [0.5, 0.6) is 0 Å². The van der Waals surface area contributed by atoms with Crippen LogP contribution >= 0.6 is 27.3 Å². The smallest absolute Gasteiger partial charge is 0.0940 e. The molecule has 0 aromatic carbocycles. The van der Waals surface area contributed by atoms with Gasteiger partial charge in [0.05, 0.1) is 16.0 Å². The van der Waals surface area contributed by atoms with E-state index < -0.39 is 0 Å². The first-order chi connectivity index (χ1) is 9.72. The van der Waals surface area contributed by atoms with E-state index in [0.29, 0.717) is 12.0 Å². The lowest BCUT2D eigenvalue weighted by Gasteiger charge is -2.40. The molecule has 3 nitrogen and oxygen atoms in total. The molecule has 2 aliphatic heterocycles. The first-order valence-corrected chi connectivity index (χ1v) is 9.09. The highest BCUT2D eigenvalue weighted by Gasteiger charge is 2.43. The van der Waals surface area contributed by atoms with Crippen LogP contribution in [0, 0.1) is 5.92 Å². The largest absolute Gasteiger partial charge is 0.378 e. The lowest BCUT2D eigenvalue weighted by molar-refractivity contribution is -0.103. The van der Waals surface area contributed by atoms with Gasteiger partial charge in [0, 0.05) is 25.7 Å². The topological polar surface area (TPSA) is 30.5 Å². The van der Waals surface area contributed by atoms with E-state index >= 15 is 0 Å². The Morgan fingerprint density at radius 2 is 2.45 bits per heavy atom. The summed E-state index contributed by atoms with van der Waals surface area (Å²) in [5.74, 6) is 0.631. The highest BCUT2D eigenvalue weighted by Crippen LogP contribution is 2.42. The summed E-state index contributed by atoms with van der Waals surface area (Å²) in [5.41, 5.74) is 1.40. The predicted octanol–water partition coefficient (Wildman–Crippen LogP) is 3.75. The molecule has 2 saturated heterocycles. The molecule has 3 rings (SSSR count). The van der Waals surface area contributed by atoms with E-state index in [1.807, 2.05) is 0 Å². The van der Waals surface area contributed by atoms with E-state index in [4.69, 9.17) is 9.47 Å². The summed E-state index contributed by atoms with van der Waals surface area (Å²) >= 11 is 5.35. The van der Waals surface area contributed by atoms with Crippen molar-refractivity contribution in [3.63, 3.8) is 0 Å². The third kappa shape index (κ3) is 3.12. The highest BCUT2D eigenvalue weighted by atomic mass is 79.9. The standard InChI is InChI=1S/C15H22BrNO2S/c1-2-17-14(12-7-13(16)20-9-12)11-3-5-19-15(8-11)4-6-18-10-15/h7,9,11,14,17H,2-6,8,10H2,1H3.